The summed E-state index contributed by atoms with van der Waals surface area (Å²) in [5, 5.41) is 11.4. The second kappa shape index (κ2) is 5.97. The molecule has 0 fully saturated rings. The van der Waals surface area contributed by atoms with Gasteiger partial charge in [-0.05, 0) is 17.9 Å². The van der Waals surface area contributed by atoms with Crippen molar-refractivity contribution in [2.45, 2.75) is 39.2 Å². The Hall–Kier alpha value is -1.68. The molecule has 0 aromatic heterocycles. The SMILES string of the molecule is CC(O)CNC(=O)C(=O)c1ccc(C(C)(C)C)cc1. The van der Waals surface area contributed by atoms with Crippen LogP contribution in [0.25, 0.3) is 0 Å². The van der Waals surface area contributed by atoms with Gasteiger partial charge in [-0.1, -0.05) is 45.0 Å². The van der Waals surface area contributed by atoms with E-state index < -0.39 is 17.8 Å². The van der Waals surface area contributed by atoms with Gasteiger partial charge in [0.2, 0.25) is 5.78 Å². The summed E-state index contributed by atoms with van der Waals surface area (Å²) in [6, 6.07) is 7.03. The third kappa shape index (κ3) is 4.48. The number of ketones is 1. The molecule has 0 spiro atoms. The molecule has 1 unspecified atom stereocenters. The number of carbonyl (C=O) groups is 2. The molecule has 0 aliphatic heterocycles. The van der Waals surface area contributed by atoms with E-state index in [1.807, 2.05) is 12.1 Å². The lowest BCUT2D eigenvalue weighted by molar-refractivity contribution is -0.117. The van der Waals surface area contributed by atoms with Crippen molar-refractivity contribution in [2.24, 2.45) is 0 Å². The predicted octanol–water partition coefficient (Wildman–Crippen LogP) is 1.66. The molecule has 0 bridgehead atoms. The smallest absolute Gasteiger partial charge is 0.292 e. The Balaban J connectivity index is 2.76. The number of rotatable bonds is 4. The number of amides is 1. The fourth-order valence-electron chi connectivity index (χ4n) is 1.57. The van der Waals surface area contributed by atoms with E-state index in [0.29, 0.717) is 5.56 Å². The van der Waals surface area contributed by atoms with Gasteiger partial charge in [-0.3, -0.25) is 9.59 Å². The molecule has 4 nitrogen and oxygen atoms in total. The lowest BCUT2D eigenvalue weighted by atomic mass is 9.86. The van der Waals surface area contributed by atoms with Gasteiger partial charge in [-0.15, -0.1) is 0 Å². The van der Waals surface area contributed by atoms with Crippen molar-refractivity contribution in [1.29, 1.82) is 0 Å². The van der Waals surface area contributed by atoms with Crippen LogP contribution in [-0.4, -0.2) is 29.4 Å². The first kappa shape index (κ1) is 15.4. The average Bonchev–Trinajstić information content (AvgIpc) is 2.34. The maximum atomic E-state index is 11.8. The van der Waals surface area contributed by atoms with Crippen LogP contribution < -0.4 is 5.32 Å². The molecule has 19 heavy (non-hydrogen) atoms. The Kier molecular flexibility index (Phi) is 4.84. The van der Waals surface area contributed by atoms with Crippen molar-refractivity contribution in [3.05, 3.63) is 35.4 Å². The van der Waals surface area contributed by atoms with Crippen molar-refractivity contribution < 1.29 is 14.7 Å². The van der Waals surface area contributed by atoms with Crippen molar-refractivity contribution in [3.8, 4) is 0 Å². The molecule has 1 rings (SSSR count). The van der Waals surface area contributed by atoms with Crippen LogP contribution in [0.3, 0.4) is 0 Å². The molecular weight excluding hydrogens is 242 g/mol. The van der Waals surface area contributed by atoms with Crippen LogP contribution in [0, 0.1) is 0 Å². The van der Waals surface area contributed by atoms with E-state index in [0.717, 1.165) is 5.56 Å². The number of nitrogens with one attached hydrogen (secondary N) is 1. The fourth-order valence-corrected chi connectivity index (χ4v) is 1.57. The summed E-state index contributed by atoms with van der Waals surface area (Å²) in [6.45, 7) is 7.87. The Labute approximate surface area is 113 Å². The predicted molar refractivity (Wildman–Crippen MR) is 74.2 cm³/mol. The largest absolute Gasteiger partial charge is 0.392 e. The van der Waals surface area contributed by atoms with Gasteiger partial charge in [0, 0.05) is 12.1 Å². The molecule has 104 valence electrons. The summed E-state index contributed by atoms with van der Waals surface area (Å²) >= 11 is 0. The maximum absolute atomic E-state index is 11.8. The minimum Gasteiger partial charge on any atom is -0.392 e. The number of benzene rings is 1. The zero-order valence-electron chi connectivity index (χ0n) is 11.9. The number of hydrogen-bond donors (Lipinski definition) is 2. The van der Waals surface area contributed by atoms with E-state index in [1.165, 1.54) is 0 Å². The highest BCUT2D eigenvalue weighted by molar-refractivity contribution is 6.42. The zero-order valence-corrected chi connectivity index (χ0v) is 11.9. The highest BCUT2D eigenvalue weighted by atomic mass is 16.3. The van der Waals surface area contributed by atoms with E-state index >= 15 is 0 Å². The summed E-state index contributed by atoms with van der Waals surface area (Å²) in [7, 11) is 0. The number of aliphatic hydroxyl groups is 1. The minimum absolute atomic E-state index is 0.0101. The Morgan fingerprint density at radius 3 is 2.16 bits per heavy atom. The Bertz CT molecular complexity index is 455. The second-order valence-corrected chi connectivity index (χ2v) is 5.72. The Morgan fingerprint density at radius 1 is 1.21 bits per heavy atom. The van der Waals surface area contributed by atoms with Crippen molar-refractivity contribution in [2.75, 3.05) is 6.54 Å². The standard InChI is InChI=1S/C15H21NO3/c1-10(17)9-16-14(19)13(18)11-5-7-12(8-6-11)15(2,3)4/h5-8,10,17H,9H2,1-4H3,(H,16,19). The van der Waals surface area contributed by atoms with Crippen molar-refractivity contribution in [3.63, 3.8) is 0 Å². The normalized spacial score (nSPS) is 12.9. The number of carbonyl (C=O) groups excluding carboxylic acids is 2. The molecule has 2 N–H and O–H groups in total. The highest BCUT2D eigenvalue weighted by Gasteiger charge is 2.18. The molecule has 0 radical (unpaired) electrons. The fraction of sp³-hybridized carbons (Fsp3) is 0.467. The average molecular weight is 263 g/mol. The van der Waals surface area contributed by atoms with Crippen LogP contribution in [0.5, 0.6) is 0 Å². The molecule has 1 atom stereocenters. The molecular formula is C15H21NO3. The number of aliphatic hydroxyl groups excluding tert-OH is 1. The first-order chi connectivity index (χ1) is 8.71. The third-order valence-corrected chi connectivity index (χ3v) is 2.78. The van der Waals surface area contributed by atoms with Gasteiger partial charge in [0.05, 0.1) is 6.10 Å². The topological polar surface area (TPSA) is 66.4 Å². The van der Waals surface area contributed by atoms with Gasteiger partial charge in [0.1, 0.15) is 0 Å². The summed E-state index contributed by atoms with van der Waals surface area (Å²) in [5.41, 5.74) is 1.47. The quantitative estimate of drug-likeness (QED) is 0.641. The molecule has 0 heterocycles. The molecule has 0 saturated heterocycles. The molecule has 1 aromatic rings. The lowest BCUT2D eigenvalue weighted by Crippen LogP contribution is -2.35. The van der Waals surface area contributed by atoms with Crippen LogP contribution in [-0.2, 0) is 10.2 Å². The molecule has 1 amide bonds. The van der Waals surface area contributed by atoms with E-state index in [9.17, 15) is 9.59 Å². The van der Waals surface area contributed by atoms with Gasteiger partial charge in [0.15, 0.2) is 0 Å². The van der Waals surface area contributed by atoms with Crippen molar-refractivity contribution in [1.82, 2.24) is 5.32 Å². The first-order valence-corrected chi connectivity index (χ1v) is 6.33. The molecule has 4 heteroatoms. The Morgan fingerprint density at radius 2 is 1.74 bits per heavy atom. The summed E-state index contributed by atoms with van der Waals surface area (Å²) < 4.78 is 0. The van der Waals surface area contributed by atoms with E-state index in [1.54, 1.807) is 19.1 Å². The second-order valence-electron chi connectivity index (χ2n) is 5.72. The minimum atomic E-state index is -0.690. The van der Waals surface area contributed by atoms with Gasteiger partial charge in [-0.2, -0.15) is 0 Å². The van der Waals surface area contributed by atoms with Gasteiger partial charge in [0.25, 0.3) is 5.91 Å². The summed E-state index contributed by atoms with van der Waals surface area (Å²) in [6.07, 6.45) is -0.667. The maximum Gasteiger partial charge on any atom is 0.292 e. The number of hydrogen-bond acceptors (Lipinski definition) is 3. The summed E-state index contributed by atoms with van der Waals surface area (Å²) in [4.78, 5) is 23.4. The molecule has 1 aromatic carbocycles. The third-order valence-electron chi connectivity index (χ3n) is 2.78. The molecule has 0 saturated carbocycles. The molecule has 0 aliphatic rings. The van der Waals surface area contributed by atoms with Crippen LogP contribution in [0.1, 0.15) is 43.6 Å². The van der Waals surface area contributed by atoms with Gasteiger partial charge in [-0.25, -0.2) is 0 Å². The van der Waals surface area contributed by atoms with Crippen LogP contribution in [0.2, 0.25) is 0 Å². The van der Waals surface area contributed by atoms with Crippen LogP contribution in [0.4, 0.5) is 0 Å². The zero-order chi connectivity index (χ0) is 14.6. The van der Waals surface area contributed by atoms with Crippen LogP contribution in [0.15, 0.2) is 24.3 Å². The van der Waals surface area contributed by atoms with E-state index in [2.05, 4.69) is 26.1 Å². The van der Waals surface area contributed by atoms with Gasteiger partial charge < -0.3 is 10.4 Å². The van der Waals surface area contributed by atoms with Gasteiger partial charge >= 0.3 is 0 Å². The van der Waals surface area contributed by atoms with Crippen LogP contribution >= 0.6 is 0 Å². The summed E-state index contributed by atoms with van der Waals surface area (Å²) in [5.74, 6) is -1.27. The number of Topliss-reactive ketones (excluding diaryl/α,β-unsaturated/α-hetero) is 1. The first-order valence-electron chi connectivity index (χ1n) is 6.33. The van der Waals surface area contributed by atoms with Crippen molar-refractivity contribution >= 4 is 11.7 Å². The highest BCUT2D eigenvalue weighted by Crippen LogP contribution is 2.22. The lowest BCUT2D eigenvalue weighted by Gasteiger charge is -2.18. The van der Waals surface area contributed by atoms with E-state index in [-0.39, 0.29) is 12.0 Å². The monoisotopic (exact) mass is 263 g/mol. The van der Waals surface area contributed by atoms with E-state index in [4.69, 9.17) is 5.11 Å². The molecule has 0 aliphatic carbocycles.